The van der Waals surface area contributed by atoms with Gasteiger partial charge in [0.25, 0.3) is 0 Å². The summed E-state index contributed by atoms with van der Waals surface area (Å²) < 4.78 is 5.34. The molecule has 0 bridgehead atoms. The van der Waals surface area contributed by atoms with Crippen LogP contribution >= 0.6 is 0 Å². The molecule has 0 aromatic rings. The highest BCUT2D eigenvalue weighted by molar-refractivity contribution is 5.79. The molecular formula is C14H24N2O2. The Morgan fingerprint density at radius 2 is 1.89 bits per heavy atom. The average molecular weight is 252 g/mol. The van der Waals surface area contributed by atoms with Crippen LogP contribution in [0.4, 0.5) is 0 Å². The van der Waals surface area contributed by atoms with Crippen molar-refractivity contribution in [2.75, 3.05) is 39.4 Å². The summed E-state index contributed by atoms with van der Waals surface area (Å²) in [4.78, 5) is 14.6. The van der Waals surface area contributed by atoms with Crippen LogP contribution in [0.1, 0.15) is 32.1 Å². The maximum Gasteiger partial charge on any atom is 0.225 e. The predicted molar refractivity (Wildman–Crippen MR) is 69.3 cm³/mol. The number of nitrogens with one attached hydrogen (secondary N) is 1. The smallest absolute Gasteiger partial charge is 0.225 e. The SMILES string of the molecule is O=C(C1CCOCC1)N1CCC2(CCNCC2)C1. The molecule has 0 aliphatic carbocycles. The molecule has 0 saturated carbocycles. The molecule has 4 heteroatoms. The van der Waals surface area contributed by atoms with E-state index in [1.807, 2.05) is 0 Å². The summed E-state index contributed by atoms with van der Waals surface area (Å²) in [5.74, 6) is 0.629. The van der Waals surface area contributed by atoms with Gasteiger partial charge in [-0.2, -0.15) is 0 Å². The lowest BCUT2D eigenvalue weighted by molar-refractivity contribution is -0.137. The zero-order chi connectivity index (χ0) is 12.4. The van der Waals surface area contributed by atoms with Gasteiger partial charge in [-0.1, -0.05) is 0 Å². The van der Waals surface area contributed by atoms with E-state index < -0.39 is 0 Å². The Bertz CT molecular complexity index is 307. The van der Waals surface area contributed by atoms with E-state index in [1.54, 1.807) is 0 Å². The van der Waals surface area contributed by atoms with Gasteiger partial charge < -0.3 is 15.0 Å². The van der Waals surface area contributed by atoms with E-state index in [2.05, 4.69) is 10.2 Å². The van der Waals surface area contributed by atoms with Crippen LogP contribution in [0.5, 0.6) is 0 Å². The Hall–Kier alpha value is -0.610. The minimum Gasteiger partial charge on any atom is -0.381 e. The fourth-order valence-electron chi connectivity index (χ4n) is 3.69. The lowest BCUT2D eigenvalue weighted by Crippen LogP contribution is -2.42. The molecule has 1 spiro atoms. The number of nitrogens with zero attached hydrogens (tertiary/aromatic N) is 1. The molecule has 0 aromatic carbocycles. The Labute approximate surface area is 109 Å². The van der Waals surface area contributed by atoms with Crippen LogP contribution in [0.15, 0.2) is 0 Å². The standard InChI is InChI=1S/C14H24N2O2/c17-13(12-1-9-18-10-2-12)16-8-5-14(11-16)3-6-15-7-4-14/h12,15H,1-11H2. The second-order valence-corrected chi connectivity index (χ2v) is 6.15. The molecule has 3 rings (SSSR count). The van der Waals surface area contributed by atoms with Gasteiger partial charge in [-0.05, 0) is 50.6 Å². The highest BCUT2D eigenvalue weighted by Gasteiger charge is 2.41. The van der Waals surface area contributed by atoms with Gasteiger partial charge in [0, 0.05) is 32.2 Å². The van der Waals surface area contributed by atoms with Crippen LogP contribution in [0.25, 0.3) is 0 Å². The van der Waals surface area contributed by atoms with E-state index in [0.717, 1.165) is 52.2 Å². The molecule has 0 radical (unpaired) electrons. The summed E-state index contributed by atoms with van der Waals surface area (Å²) >= 11 is 0. The first kappa shape index (κ1) is 12.4. The van der Waals surface area contributed by atoms with Gasteiger partial charge in [0.05, 0.1) is 0 Å². The summed E-state index contributed by atoms with van der Waals surface area (Å²) in [6, 6.07) is 0. The quantitative estimate of drug-likeness (QED) is 0.757. The molecular weight excluding hydrogens is 228 g/mol. The maximum absolute atomic E-state index is 12.5. The number of piperidine rings is 1. The van der Waals surface area contributed by atoms with Crippen LogP contribution in [0, 0.1) is 11.3 Å². The number of rotatable bonds is 1. The van der Waals surface area contributed by atoms with Crippen molar-refractivity contribution in [2.24, 2.45) is 11.3 Å². The molecule has 3 saturated heterocycles. The van der Waals surface area contributed by atoms with Gasteiger partial charge >= 0.3 is 0 Å². The van der Waals surface area contributed by atoms with Crippen LogP contribution < -0.4 is 5.32 Å². The molecule has 0 atom stereocenters. The molecule has 3 heterocycles. The fraction of sp³-hybridized carbons (Fsp3) is 0.929. The van der Waals surface area contributed by atoms with Crippen LogP contribution in [-0.2, 0) is 9.53 Å². The molecule has 1 amide bonds. The van der Waals surface area contributed by atoms with Crippen LogP contribution in [0.2, 0.25) is 0 Å². The number of ether oxygens (including phenoxy) is 1. The van der Waals surface area contributed by atoms with E-state index in [4.69, 9.17) is 4.74 Å². The first-order valence-electron chi connectivity index (χ1n) is 7.36. The third kappa shape index (κ3) is 2.41. The maximum atomic E-state index is 12.5. The molecule has 0 aromatic heterocycles. The Kier molecular flexibility index (Phi) is 3.57. The molecule has 0 unspecified atom stereocenters. The zero-order valence-corrected chi connectivity index (χ0v) is 11.1. The molecule has 4 nitrogen and oxygen atoms in total. The van der Waals surface area contributed by atoms with Crippen molar-refractivity contribution in [3.8, 4) is 0 Å². The normalized spacial score (nSPS) is 28.8. The minimum atomic E-state index is 0.232. The van der Waals surface area contributed by atoms with Crippen molar-refractivity contribution in [1.82, 2.24) is 10.2 Å². The molecule has 1 N–H and O–H groups in total. The van der Waals surface area contributed by atoms with Crippen molar-refractivity contribution in [3.63, 3.8) is 0 Å². The van der Waals surface area contributed by atoms with E-state index in [0.29, 0.717) is 11.3 Å². The zero-order valence-electron chi connectivity index (χ0n) is 11.1. The van der Waals surface area contributed by atoms with E-state index >= 15 is 0 Å². The van der Waals surface area contributed by atoms with Gasteiger partial charge in [-0.15, -0.1) is 0 Å². The van der Waals surface area contributed by atoms with Crippen molar-refractivity contribution >= 4 is 5.91 Å². The summed E-state index contributed by atoms with van der Waals surface area (Å²) in [5.41, 5.74) is 0.437. The highest BCUT2D eigenvalue weighted by Crippen LogP contribution is 2.39. The second-order valence-electron chi connectivity index (χ2n) is 6.15. The molecule has 3 aliphatic rings. The van der Waals surface area contributed by atoms with Gasteiger partial charge in [0.1, 0.15) is 0 Å². The summed E-state index contributed by atoms with van der Waals surface area (Å²) in [7, 11) is 0. The fourth-order valence-corrected chi connectivity index (χ4v) is 3.69. The van der Waals surface area contributed by atoms with Crippen LogP contribution in [-0.4, -0.2) is 50.2 Å². The van der Waals surface area contributed by atoms with E-state index in [-0.39, 0.29) is 5.92 Å². The Morgan fingerprint density at radius 1 is 1.17 bits per heavy atom. The van der Waals surface area contributed by atoms with Gasteiger partial charge in [-0.3, -0.25) is 4.79 Å². The monoisotopic (exact) mass is 252 g/mol. The Morgan fingerprint density at radius 3 is 2.61 bits per heavy atom. The molecule has 3 fully saturated rings. The molecule has 3 aliphatic heterocycles. The number of hydrogen-bond donors (Lipinski definition) is 1. The summed E-state index contributed by atoms with van der Waals surface area (Å²) in [6.07, 6.45) is 5.53. The van der Waals surface area contributed by atoms with Crippen molar-refractivity contribution in [2.45, 2.75) is 32.1 Å². The largest absolute Gasteiger partial charge is 0.381 e. The second kappa shape index (κ2) is 5.17. The van der Waals surface area contributed by atoms with Crippen molar-refractivity contribution < 1.29 is 9.53 Å². The Balaban J connectivity index is 1.59. The minimum absolute atomic E-state index is 0.232. The number of likely N-dealkylation sites (tertiary alicyclic amines) is 1. The lowest BCUT2D eigenvalue weighted by Gasteiger charge is -2.34. The van der Waals surface area contributed by atoms with Gasteiger partial charge in [0.2, 0.25) is 5.91 Å². The van der Waals surface area contributed by atoms with Crippen molar-refractivity contribution in [3.05, 3.63) is 0 Å². The summed E-state index contributed by atoms with van der Waals surface area (Å²) in [5, 5.41) is 3.42. The third-order valence-corrected chi connectivity index (χ3v) is 4.98. The van der Waals surface area contributed by atoms with Crippen molar-refractivity contribution in [1.29, 1.82) is 0 Å². The van der Waals surface area contributed by atoms with Crippen LogP contribution in [0.3, 0.4) is 0 Å². The average Bonchev–Trinajstić information content (AvgIpc) is 2.83. The topological polar surface area (TPSA) is 41.6 Å². The van der Waals surface area contributed by atoms with Gasteiger partial charge in [-0.25, -0.2) is 0 Å². The van der Waals surface area contributed by atoms with Gasteiger partial charge in [0.15, 0.2) is 0 Å². The predicted octanol–water partition coefficient (Wildman–Crippen LogP) is 1.02. The summed E-state index contributed by atoms with van der Waals surface area (Å²) in [6.45, 7) is 5.76. The first-order valence-corrected chi connectivity index (χ1v) is 7.36. The number of hydrogen-bond acceptors (Lipinski definition) is 3. The van der Waals surface area contributed by atoms with E-state index in [9.17, 15) is 4.79 Å². The lowest BCUT2D eigenvalue weighted by atomic mass is 9.78. The highest BCUT2D eigenvalue weighted by atomic mass is 16.5. The number of amides is 1. The number of carbonyl (C=O) groups is 1. The third-order valence-electron chi connectivity index (χ3n) is 4.98. The molecule has 102 valence electrons. The first-order chi connectivity index (χ1) is 8.79. The van der Waals surface area contributed by atoms with E-state index in [1.165, 1.54) is 19.3 Å². The number of carbonyl (C=O) groups excluding carboxylic acids is 1. The molecule has 18 heavy (non-hydrogen) atoms.